The molecule has 0 radical (unpaired) electrons. The zero-order valence-corrected chi connectivity index (χ0v) is 9.11. The number of hydrogen-bond donors (Lipinski definition) is 2. The second kappa shape index (κ2) is 5.27. The van der Waals surface area contributed by atoms with Crippen LogP contribution in [-0.4, -0.2) is 18.2 Å². The van der Waals surface area contributed by atoms with Crippen LogP contribution < -0.4 is 5.73 Å². The molecule has 0 unspecified atom stereocenters. The lowest BCUT2D eigenvalue weighted by Crippen LogP contribution is -2.16. The van der Waals surface area contributed by atoms with E-state index < -0.39 is 29.1 Å². The van der Waals surface area contributed by atoms with Gasteiger partial charge in [0.15, 0.2) is 0 Å². The number of nitrogens with two attached hydrogens (primary N) is 1. The Bertz CT molecular complexity index is 482. The van der Waals surface area contributed by atoms with E-state index in [2.05, 4.69) is 4.74 Å². The van der Waals surface area contributed by atoms with Gasteiger partial charge in [-0.15, -0.1) is 0 Å². The van der Waals surface area contributed by atoms with Crippen LogP contribution in [0.15, 0.2) is 12.1 Å². The van der Waals surface area contributed by atoms with E-state index in [9.17, 15) is 14.3 Å². The summed E-state index contributed by atoms with van der Waals surface area (Å²) in [6.45, 7) is 0. The minimum atomic E-state index is -0.852. The van der Waals surface area contributed by atoms with Gasteiger partial charge in [-0.25, -0.2) is 4.39 Å². The molecule has 1 rings (SSSR count). The van der Waals surface area contributed by atoms with Crippen LogP contribution in [0.3, 0.4) is 0 Å². The van der Waals surface area contributed by atoms with Crippen molar-refractivity contribution >= 4 is 5.97 Å². The first kappa shape index (κ1) is 12.9. The van der Waals surface area contributed by atoms with Crippen LogP contribution in [0.1, 0.15) is 23.6 Å². The van der Waals surface area contributed by atoms with Gasteiger partial charge in [-0.05, 0) is 6.07 Å². The average molecular weight is 238 g/mol. The Morgan fingerprint density at radius 3 is 2.88 bits per heavy atom. The molecule has 0 bridgehead atoms. The summed E-state index contributed by atoms with van der Waals surface area (Å²) in [5, 5.41) is 18.3. The number of benzene rings is 1. The number of halogens is 1. The third-order valence-electron chi connectivity index (χ3n) is 2.28. The molecule has 1 aromatic carbocycles. The zero-order chi connectivity index (χ0) is 13.0. The lowest BCUT2D eigenvalue weighted by molar-refractivity contribution is -0.141. The lowest BCUT2D eigenvalue weighted by atomic mass is 10.0. The standard InChI is InChI=1S/C11H11FN2O3/c1-17-10(15)4-9(14)6-2-3-8(12)7(5-13)11(6)16/h2-3,9,16H,4,14H2,1H3/t9-/m0/s1. The number of carbonyl (C=O) groups excluding carboxylic acids is 1. The third-order valence-corrected chi connectivity index (χ3v) is 2.28. The molecule has 0 saturated carbocycles. The van der Waals surface area contributed by atoms with E-state index in [-0.39, 0.29) is 12.0 Å². The van der Waals surface area contributed by atoms with E-state index in [1.54, 1.807) is 0 Å². The third kappa shape index (κ3) is 2.71. The molecule has 0 aliphatic heterocycles. The highest BCUT2D eigenvalue weighted by Crippen LogP contribution is 2.29. The normalized spacial score (nSPS) is 11.6. The minimum Gasteiger partial charge on any atom is -0.506 e. The summed E-state index contributed by atoms with van der Waals surface area (Å²) in [4.78, 5) is 11.0. The van der Waals surface area contributed by atoms with Gasteiger partial charge in [0.05, 0.1) is 13.5 Å². The van der Waals surface area contributed by atoms with Gasteiger partial charge >= 0.3 is 5.97 Å². The monoisotopic (exact) mass is 238 g/mol. The quantitative estimate of drug-likeness (QED) is 0.764. The van der Waals surface area contributed by atoms with Crippen molar-refractivity contribution in [2.45, 2.75) is 12.5 Å². The number of nitrogens with zero attached hydrogens (tertiary/aromatic N) is 1. The van der Waals surface area contributed by atoms with E-state index in [1.807, 2.05) is 0 Å². The van der Waals surface area contributed by atoms with Crippen molar-refractivity contribution in [3.8, 4) is 11.8 Å². The van der Waals surface area contributed by atoms with Crippen LogP contribution >= 0.6 is 0 Å². The number of esters is 1. The molecule has 90 valence electrons. The molecular formula is C11H11FN2O3. The summed E-state index contributed by atoms with van der Waals surface area (Å²) in [6.07, 6.45) is -0.166. The van der Waals surface area contributed by atoms with E-state index in [1.165, 1.54) is 19.2 Å². The Balaban J connectivity index is 3.08. The Morgan fingerprint density at radius 1 is 1.71 bits per heavy atom. The van der Waals surface area contributed by atoms with Crippen LogP contribution in [0.2, 0.25) is 0 Å². The number of nitriles is 1. The van der Waals surface area contributed by atoms with Crippen LogP contribution in [0.25, 0.3) is 0 Å². The molecule has 0 aliphatic rings. The number of rotatable bonds is 3. The first-order valence-corrected chi connectivity index (χ1v) is 4.75. The Morgan fingerprint density at radius 2 is 2.35 bits per heavy atom. The molecule has 0 fully saturated rings. The summed E-state index contributed by atoms with van der Waals surface area (Å²) < 4.78 is 17.5. The number of hydrogen-bond acceptors (Lipinski definition) is 5. The highest BCUT2D eigenvalue weighted by atomic mass is 19.1. The van der Waals surface area contributed by atoms with Crippen molar-refractivity contribution in [1.29, 1.82) is 5.26 Å². The molecule has 0 heterocycles. The molecule has 0 aromatic heterocycles. The summed E-state index contributed by atoms with van der Waals surface area (Å²) in [5.74, 6) is -1.93. The maximum absolute atomic E-state index is 13.1. The predicted molar refractivity (Wildman–Crippen MR) is 56.3 cm³/mol. The zero-order valence-electron chi connectivity index (χ0n) is 9.11. The molecule has 1 aromatic rings. The van der Waals surface area contributed by atoms with Gasteiger partial charge in [0.2, 0.25) is 0 Å². The van der Waals surface area contributed by atoms with Crippen molar-refractivity contribution in [3.63, 3.8) is 0 Å². The van der Waals surface area contributed by atoms with Crippen LogP contribution in [-0.2, 0) is 9.53 Å². The second-order valence-corrected chi connectivity index (χ2v) is 3.36. The Kier molecular flexibility index (Phi) is 4.01. The summed E-state index contributed by atoms with van der Waals surface area (Å²) >= 11 is 0. The highest BCUT2D eigenvalue weighted by Gasteiger charge is 2.19. The maximum Gasteiger partial charge on any atom is 0.307 e. The molecule has 6 heteroatoms. The summed E-state index contributed by atoms with van der Waals surface area (Å²) in [7, 11) is 1.21. The number of methoxy groups -OCH3 is 1. The first-order valence-electron chi connectivity index (χ1n) is 4.75. The average Bonchev–Trinajstić information content (AvgIpc) is 2.29. The van der Waals surface area contributed by atoms with Crippen molar-refractivity contribution < 1.29 is 19.0 Å². The first-order chi connectivity index (χ1) is 8.01. The number of carbonyl (C=O) groups is 1. The van der Waals surface area contributed by atoms with E-state index in [0.717, 1.165) is 6.07 Å². The van der Waals surface area contributed by atoms with Gasteiger partial charge in [-0.2, -0.15) is 5.26 Å². The number of aromatic hydroxyl groups is 1. The summed E-state index contributed by atoms with van der Waals surface area (Å²) in [6, 6.07) is 2.93. The lowest BCUT2D eigenvalue weighted by Gasteiger charge is -2.13. The van der Waals surface area contributed by atoms with E-state index in [4.69, 9.17) is 11.0 Å². The number of ether oxygens (including phenoxy) is 1. The predicted octanol–water partition coefficient (Wildman–Crippen LogP) is 0.966. The maximum atomic E-state index is 13.1. The fourth-order valence-electron chi connectivity index (χ4n) is 1.36. The van der Waals surface area contributed by atoms with Gasteiger partial charge in [0, 0.05) is 11.6 Å². The minimum absolute atomic E-state index is 0.133. The second-order valence-electron chi connectivity index (χ2n) is 3.36. The Hall–Kier alpha value is -2.13. The fraction of sp³-hybridized carbons (Fsp3) is 0.273. The van der Waals surface area contributed by atoms with Crippen molar-refractivity contribution in [2.75, 3.05) is 7.11 Å². The molecule has 0 saturated heterocycles. The summed E-state index contributed by atoms with van der Waals surface area (Å²) in [5.41, 5.74) is 5.30. The van der Waals surface area contributed by atoms with Crippen LogP contribution in [0.5, 0.6) is 5.75 Å². The molecular weight excluding hydrogens is 227 g/mol. The van der Waals surface area contributed by atoms with E-state index in [0.29, 0.717) is 0 Å². The van der Waals surface area contributed by atoms with Crippen molar-refractivity contribution in [1.82, 2.24) is 0 Å². The molecule has 17 heavy (non-hydrogen) atoms. The van der Waals surface area contributed by atoms with Crippen molar-refractivity contribution in [3.05, 3.63) is 29.1 Å². The van der Waals surface area contributed by atoms with Crippen LogP contribution in [0, 0.1) is 17.1 Å². The highest BCUT2D eigenvalue weighted by molar-refractivity contribution is 5.70. The van der Waals surface area contributed by atoms with Gasteiger partial charge in [-0.1, -0.05) is 6.07 Å². The SMILES string of the molecule is COC(=O)C[C@H](N)c1ccc(F)c(C#N)c1O. The van der Waals surface area contributed by atoms with Gasteiger partial charge < -0.3 is 15.6 Å². The van der Waals surface area contributed by atoms with Crippen molar-refractivity contribution in [2.24, 2.45) is 5.73 Å². The molecule has 0 aliphatic carbocycles. The molecule has 3 N–H and O–H groups in total. The largest absolute Gasteiger partial charge is 0.506 e. The topological polar surface area (TPSA) is 96.3 Å². The fourth-order valence-corrected chi connectivity index (χ4v) is 1.36. The van der Waals surface area contributed by atoms with Gasteiger partial charge in [0.25, 0.3) is 0 Å². The molecule has 0 amide bonds. The number of phenols is 1. The molecule has 5 nitrogen and oxygen atoms in total. The number of phenolic OH excluding ortho intramolecular Hbond substituents is 1. The van der Waals surface area contributed by atoms with Gasteiger partial charge in [-0.3, -0.25) is 4.79 Å². The molecule has 1 atom stereocenters. The smallest absolute Gasteiger partial charge is 0.307 e. The Labute approximate surface area is 97.2 Å². The van der Waals surface area contributed by atoms with E-state index >= 15 is 0 Å². The van der Waals surface area contributed by atoms with Crippen LogP contribution in [0.4, 0.5) is 4.39 Å². The van der Waals surface area contributed by atoms with Gasteiger partial charge in [0.1, 0.15) is 23.2 Å². The molecule has 0 spiro atoms.